The third-order valence-corrected chi connectivity index (χ3v) is 5.85. The average Bonchev–Trinajstić information content (AvgIpc) is 3.18. The van der Waals surface area contributed by atoms with Gasteiger partial charge < -0.3 is 20.7 Å². The van der Waals surface area contributed by atoms with Crippen molar-refractivity contribution >= 4 is 17.1 Å². The van der Waals surface area contributed by atoms with E-state index in [1.807, 2.05) is 18.2 Å². The van der Waals surface area contributed by atoms with Gasteiger partial charge in [-0.3, -0.25) is 0 Å². The van der Waals surface area contributed by atoms with Crippen LogP contribution in [0.25, 0.3) is 11.0 Å². The molecule has 0 radical (unpaired) electrons. The van der Waals surface area contributed by atoms with Gasteiger partial charge in [0.1, 0.15) is 11.6 Å². The van der Waals surface area contributed by atoms with Gasteiger partial charge in [-0.2, -0.15) is 13.2 Å². The van der Waals surface area contributed by atoms with E-state index < -0.39 is 29.6 Å². The first-order valence-corrected chi connectivity index (χ1v) is 10.7. The molecule has 1 saturated carbocycles. The largest absolute Gasteiger partial charge is 0.419 e. The summed E-state index contributed by atoms with van der Waals surface area (Å²) in [6.07, 6.45) is -2.62. The summed E-state index contributed by atoms with van der Waals surface area (Å²) in [4.78, 5) is 20.3. The van der Waals surface area contributed by atoms with Gasteiger partial charge in [-0.1, -0.05) is 18.2 Å². The molecular formula is C23H24F4N4O2. The molecule has 1 heterocycles. The minimum atomic E-state index is -4.79. The van der Waals surface area contributed by atoms with Gasteiger partial charge in [0.25, 0.3) is 0 Å². The lowest BCUT2D eigenvalue weighted by Crippen LogP contribution is -2.45. The van der Waals surface area contributed by atoms with Crippen molar-refractivity contribution in [2.24, 2.45) is 0 Å². The summed E-state index contributed by atoms with van der Waals surface area (Å²) in [6.45, 7) is 0. The molecule has 4 rings (SSSR count). The summed E-state index contributed by atoms with van der Waals surface area (Å²) in [5.41, 5.74) is 0.350. The first-order valence-electron chi connectivity index (χ1n) is 10.7. The van der Waals surface area contributed by atoms with Crippen LogP contribution in [-0.4, -0.2) is 33.3 Å². The van der Waals surface area contributed by atoms with Gasteiger partial charge >= 0.3 is 12.2 Å². The second-order valence-corrected chi connectivity index (χ2v) is 8.33. The van der Waals surface area contributed by atoms with Crippen molar-refractivity contribution in [1.29, 1.82) is 0 Å². The highest BCUT2D eigenvalue weighted by Crippen LogP contribution is 2.32. The minimum absolute atomic E-state index is 0.0334. The number of imidazole rings is 1. The lowest BCUT2D eigenvalue weighted by Gasteiger charge is -2.27. The average molecular weight is 464 g/mol. The number of hydrogen-bond acceptors (Lipinski definition) is 3. The van der Waals surface area contributed by atoms with E-state index in [0.717, 1.165) is 11.6 Å². The summed E-state index contributed by atoms with van der Waals surface area (Å²) in [5, 5.41) is 15.3. The second-order valence-electron chi connectivity index (χ2n) is 8.33. The Morgan fingerprint density at radius 2 is 1.88 bits per heavy atom. The molecule has 2 aromatic carbocycles. The molecule has 3 aromatic rings. The van der Waals surface area contributed by atoms with Crippen molar-refractivity contribution in [3.63, 3.8) is 0 Å². The van der Waals surface area contributed by atoms with Crippen molar-refractivity contribution in [1.82, 2.24) is 20.6 Å². The number of H-pyrrole nitrogens is 1. The molecule has 10 heteroatoms. The SMILES string of the molecule is O=C(NC1CCC(O)CC1)NC(Cc1ccc(C(F)(F)F)c(F)c1)c1nc2ccccc2[nH]1. The van der Waals surface area contributed by atoms with E-state index in [9.17, 15) is 27.5 Å². The molecule has 0 spiro atoms. The van der Waals surface area contributed by atoms with E-state index in [2.05, 4.69) is 20.6 Å². The lowest BCUT2D eigenvalue weighted by atomic mass is 9.93. The number of aliphatic hydroxyl groups excluding tert-OH is 1. The number of urea groups is 1. The first kappa shape index (κ1) is 23.0. The number of rotatable bonds is 5. The molecule has 0 bridgehead atoms. The van der Waals surface area contributed by atoms with E-state index in [-0.39, 0.29) is 24.1 Å². The number of carbonyl (C=O) groups excluding carboxylic acids is 1. The summed E-state index contributed by atoms with van der Waals surface area (Å²) in [7, 11) is 0. The number of para-hydroxylation sites is 2. The van der Waals surface area contributed by atoms with Crippen molar-refractivity contribution in [2.75, 3.05) is 0 Å². The van der Waals surface area contributed by atoms with Gasteiger partial charge in [0.05, 0.1) is 28.7 Å². The van der Waals surface area contributed by atoms with E-state index >= 15 is 0 Å². The van der Waals surface area contributed by atoms with Crippen LogP contribution in [0.4, 0.5) is 22.4 Å². The molecule has 33 heavy (non-hydrogen) atoms. The van der Waals surface area contributed by atoms with Crippen molar-refractivity contribution in [2.45, 2.75) is 56.5 Å². The molecule has 1 aliphatic rings. The highest BCUT2D eigenvalue weighted by molar-refractivity contribution is 5.76. The fourth-order valence-electron chi connectivity index (χ4n) is 4.11. The number of aromatic nitrogens is 2. The Morgan fingerprint density at radius 1 is 1.15 bits per heavy atom. The Balaban J connectivity index is 1.55. The van der Waals surface area contributed by atoms with Crippen LogP contribution in [-0.2, 0) is 12.6 Å². The summed E-state index contributed by atoms with van der Waals surface area (Å²) in [6, 6.07) is 8.68. The number of fused-ring (bicyclic) bond motifs is 1. The van der Waals surface area contributed by atoms with Gasteiger partial charge in [-0.15, -0.1) is 0 Å². The zero-order valence-corrected chi connectivity index (χ0v) is 17.6. The van der Waals surface area contributed by atoms with E-state index in [1.165, 1.54) is 6.07 Å². The predicted molar refractivity (Wildman–Crippen MR) is 114 cm³/mol. The molecule has 0 saturated heterocycles. The highest BCUT2D eigenvalue weighted by atomic mass is 19.4. The summed E-state index contributed by atoms with van der Waals surface area (Å²) >= 11 is 0. The Hall–Kier alpha value is -3.14. The van der Waals surface area contributed by atoms with Crippen LogP contribution < -0.4 is 10.6 Å². The normalized spacial score (nSPS) is 19.9. The number of carbonyl (C=O) groups is 1. The highest BCUT2D eigenvalue weighted by Gasteiger charge is 2.34. The molecule has 4 N–H and O–H groups in total. The van der Waals surface area contributed by atoms with Crippen LogP contribution in [0.1, 0.15) is 48.7 Å². The molecule has 176 valence electrons. The van der Waals surface area contributed by atoms with Crippen LogP contribution in [0.5, 0.6) is 0 Å². The zero-order valence-electron chi connectivity index (χ0n) is 17.6. The molecule has 6 nitrogen and oxygen atoms in total. The predicted octanol–water partition coefficient (Wildman–Crippen LogP) is 4.61. The number of benzene rings is 2. The summed E-state index contributed by atoms with van der Waals surface area (Å²) < 4.78 is 52.8. The molecular weight excluding hydrogens is 440 g/mol. The van der Waals surface area contributed by atoms with E-state index in [0.29, 0.717) is 43.1 Å². The number of nitrogens with one attached hydrogen (secondary N) is 3. The lowest BCUT2D eigenvalue weighted by molar-refractivity contribution is -0.140. The molecule has 1 unspecified atom stereocenters. The Morgan fingerprint density at radius 3 is 2.55 bits per heavy atom. The molecule has 0 aliphatic heterocycles. The third-order valence-electron chi connectivity index (χ3n) is 5.85. The zero-order chi connectivity index (χ0) is 23.6. The Labute approximate surface area is 187 Å². The topological polar surface area (TPSA) is 90.0 Å². The molecule has 1 aliphatic carbocycles. The van der Waals surface area contributed by atoms with Crippen LogP contribution in [0.2, 0.25) is 0 Å². The number of aromatic amines is 1. The van der Waals surface area contributed by atoms with Crippen molar-refractivity contribution in [3.05, 3.63) is 65.2 Å². The number of nitrogens with zero attached hydrogens (tertiary/aromatic N) is 1. The quantitative estimate of drug-likeness (QED) is 0.416. The number of aliphatic hydroxyl groups is 1. The van der Waals surface area contributed by atoms with Gasteiger partial charge in [0.15, 0.2) is 0 Å². The smallest absolute Gasteiger partial charge is 0.393 e. The fourth-order valence-corrected chi connectivity index (χ4v) is 4.11. The number of alkyl halides is 3. The monoisotopic (exact) mass is 464 g/mol. The van der Waals surface area contributed by atoms with Gasteiger partial charge in [0, 0.05) is 12.5 Å². The Bertz CT molecular complexity index is 1090. The van der Waals surface area contributed by atoms with Crippen LogP contribution in [0.15, 0.2) is 42.5 Å². The maximum Gasteiger partial charge on any atom is 0.419 e. The Kier molecular flexibility index (Phi) is 6.55. The molecule has 1 atom stereocenters. The molecule has 2 amide bonds. The van der Waals surface area contributed by atoms with E-state index in [4.69, 9.17) is 0 Å². The van der Waals surface area contributed by atoms with Crippen molar-refractivity contribution in [3.8, 4) is 0 Å². The van der Waals surface area contributed by atoms with Crippen molar-refractivity contribution < 1.29 is 27.5 Å². The fraction of sp³-hybridized carbons (Fsp3) is 0.391. The second kappa shape index (κ2) is 9.38. The minimum Gasteiger partial charge on any atom is -0.393 e. The first-order chi connectivity index (χ1) is 15.7. The maximum atomic E-state index is 14.1. The van der Waals surface area contributed by atoms with Gasteiger partial charge in [-0.05, 0) is 55.5 Å². The number of amides is 2. The van der Waals surface area contributed by atoms with Crippen LogP contribution in [0, 0.1) is 5.82 Å². The standard InChI is InChI=1S/C23H24F4N4O2/c24-17-11-13(5-10-16(17)23(25,26)27)12-20(21-29-18-3-1-2-4-19(18)30-21)31-22(33)28-14-6-8-15(32)9-7-14/h1-5,10-11,14-15,20,32H,6-9,12H2,(H,29,30)(H2,28,31,33). The number of halogens is 4. The van der Waals surface area contributed by atoms with Crippen LogP contribution >= 0.6 is 0 Å². The van der Waals surface area contributed by atoms with Gasteiger partial charge in [-0.25, -0.2) is 14.2 Å². The molecule has 1 aromatic heterocycles. The third kappa shape index (κ3) is 5.62. The number of hydrogen-bond donors (Lipinski definition) is 4. The van der Waals surface area contributed by atoms with Gasteiger partial charge in [0.2, 0.25) is 0 Å². The summed E-state index contributed by atoms with van der Waals surface area (Å²) in [5.74, 6) is -0.959. The molecule has 1 fully saturated rings. The van der Waals surface area contributed by atoms with E-state index in [1.54, 1.807) is 6.07 Å². The maximum absolute atomic E-state index is 14.1. The van der Waals surface area contributed by atoms with Crippen LogP contribution in [0.3, 0.4) is 0 Å².